The van der Waals surface area contributed by atoms with Crippen LogP contribution in [0.5, 0.6) is 0 Å². The molecule has 3 aliphatic rings. The van der Waals surface area contributed by atoms with E-state index in [2.05, 4.69) is 34.1 Å². The Kier molecular flexibility index (Phi) is 3.68. The van der Waals surface area contributed by atoms with Crippen LogP contribution >= 0.6 is 0 Å². The monoisotopic (exact) mass is 346 g/mol. The van der Waals surface area contributed by atoms with Gasteiger partial charge in [0.05, 0.1) is 24.2 Å². The lowest BCUT2D eigenvalue weighted by Gasteiger charge is -2.24. The third-order valence-corrected chi connectivity index (χ3v) is 6.23. The van der Waals surface area contributed by atoms with E-state index in [-0.39, 0.29) is 12.1 Å². The Morgan fingerprint density at radius 3 is 2.96 bits per heavy atom. The van der Waals surface area contributed by atoms with E-state index in [0.29, 0.717) is 12.3 Å². The largest absolute Gasteiger partial charge is 0.370 e. The number of rotatable bonds is 4. The van der Waals surface area contributed by atoms with Crippen LogP contribution in [0.1, 0.15) is 61.2 Å². The molecule has 0 N–H and O–H groups in total. The smallest absolute Gasteiger partial charge is 0.127 e. The SMILES string of the molecule is COC1C2=CCc3nccc(c32)-c2cn(C(CC#N)C3CCCC3)nc21. The molecular formula is C21H22N4O. The summed E-state index contributed by atoms with van der Waals surface area (Å²) in [5.74, 6) is 0.549. The number of nitriles is 1. The van der Waals surface area contributed by atoms with E-state index < -0.39 is 0 Å². The zero-order valence-electron chi connectivity index (χ0n) is 15.0. The number of fused-ring (bicyclic) bond motifs is 2. The number of ether oxygens (including phenoxy) is 1. The number of allylic oxidation sites excluding steroid dienone is 1. The molecule has 5 nitrogen and oxygen atoms in total. The molecule has 26 heavy (non-hydrogen) atoms. The minimum atomic E-state index is -0.143. The van der Waals surface area contributed by atoms with Crippen LogP contribution < -0.4 is 0 Å². The molecule has 0 amide bonds. The molecular weight excluding hydrogens is 324 g/mol. The second-order valence-corrected chi connectivity index (χ2v) is 7.54. The summed E-state index contributed by atoms with van der Waals surface area (Å²) in [6.45, 7) is 0. The number of aromatic nitrogens is 3. The van der Waals surface area contributed by atoms with Crippen LogP contribution in [0.4, 0.5) is 0 Å². The molecule has 0 radical (unpaired) electrons. The molecule has 2 aromatic heterocycles. The van der Waals surface area contributed by atoms with Crippen molar-refractivity contribution in [1.29, 1.82) is 5.26 Å². The molecule has 0 spiro atoms. The van der Waals surface area contributed by atoms with Gasteiger partial charge in [0, 0.05) is 37.1 Å². The van der Waals surface area contributed by atoms with Crippen LogP contribution in [0.15, 0.2) is 24.5 Å². The van der Waals surface area contributed by atoms with Crippen molar-refractivity contribution in [3.63, 3.8) is 0 Å². The molecule has 0 bridgehead atoms. The average molecular weight is 346 g/mol. The highest BCUT2D eigenvalue weighted by Crippen LogP contribution is 2.50. The molecule has 2 atom stereocenters. The van der Waals surface area contributed by atoms with Crippen LogP contribution in [-0.2, 0) is 11.2 Å². The van der Waals surface area contributed by atoms with Crippen LogP contribution in [-0.4, -0.2) is 21.9 Å². The van der Waals surface area contributed by atoms with Gasteiger partial charge in [-0.25, -0.2) is 0 Å². The van der Waals surface area contributed by atoms with Gasteiger partial charge in [-0.2, -0.15) is 10.4 Å². The molecule has 2 unspecified atom stereocenters. The number of methoxy groups -OCH3 is 1. The lowest BCUT2D eigenvalue weighted by atomic mass is 9.86. The van der Waals surface area contributed by atoms with Gasteiger partial charge in [-0.3, -0.25) is 9.67 Å². The van der Waals surface area contributed by atoms with Crippen molar-refractivity contribution in [1.82, 2.24) is 14.8 Å². The summed E-state index contributed by atoms with van der Waals surface area (Å²) in [6.07, 6.45) is 12.4. The summed E-state index contributed by atoms with van der Waals surface area (Å²) in [7, 11) is 1.75. The Hall–Kier alpha value is -2.45. The Labute approximate surface area is 153 Å². The highest BCUT2D eigenvalue weighted by Gasteiger charge is 2.37. The fourth-order valence-corrected chi connectivity index (χ4v) is 5.03. The van der Waals surface area contributed by atoms with Gasteiger partial charge in [0.15, 0.2) is 0 Å². The van der Waals surface area contributed by atoms with Gasteiger partial charge in [0.1, 0.15) is 11.8 Å². The van der Waals surface area contributed by atoms with Crippen LogP contribution in [0.25, 0.3) is 16.7 Å². The van der Waals surface area contributed by atoms with Crippen molar-refractivity contribution in [2.75, 3.05) is 7.11 Å². The van der Waals surface area contributed by atoms with Gasteiger partial charge in [0.2, 0.25) is 0 Å². The van der Waals surface area contributed by atoms with Crippen molar-refractivity contribution >= 4 is 5.57 Å². The molecule has 2 aromatic rings. The normalized spacial score (nSPS) is 21.8. The van der Waals surface area contributed by atoms with Gasteiger partial charge >= 0.3 is 0 Å². The zero-order chi connectivity index (χ0) is 17.7. The first kappa shape index (κ1) is 15.8. The minimum absolute atomic E-state index is 0.143. The fourth-order valence-electron chi connectivity index (χ4n) is 5.03. The minimum Gasteiger partial charge on any atom is -0.370 e. The maximum Gasteiger partial charge on any atom is 0.127 e. The van der Waals surface area contributed by atoms with Gasteiger partial charge < -0.3 is 4.74 Å². The van der Waals surface area contributed by atoms with Gasteiger partial charge in [-0.1, -0.05) is 18.9 Å². The summed E-state index contributed by atoms with van der Waals surface area (Å²) in [5.41, 5.74) is 6.87. The van der Waals surface area contributed by atoms with E-state index in [1.807, 2.05) is 6.20 Å². The first-order valence-corrected chi connectivity index (χ1v) is 9.49. The van der Waals surface area contributed by atoms with E-state index >= 15 is 0 Å². The third-order valence-electron chi connectivity index (χ3n) is 6.23. The number of hydrogen-bond acceptors (Lipinski definition) is 4. The van der Waals surface area contributed by atoms with Crippen molar-refractivity contribution in [2.24, 2.45) is 5.92 Å². The number of pyridine rings is 1. The van der Waals surface area contributed by atoms with Crippen LogP contribution in [0.3, 0.4) is 0 Å². The third kappa shape index (κ3) is 2.18. The summed E-state index contributed by atoms with van der Waals surface area (Å²) in [6, 6.07) is 4.63. The summed E-state index contributed by atoms with van der Waals surface area (Å²) in [5, 5.41) is 14.3. The Morgan fingerprint density at radius 2 is 2.19 bits per heavy atom. The van der Waals surface area contributed by atoms with Gasteiger partial charge in [-0.05, 0) is 36.0 Å². The van der Waals surface area contributed by atoms with Crippen molar-refractivity contribution in [3.05, 3.63) is 41.5 Å². The zero-order valence-corrected chi connectivity index (χ0v) is 15.0. The predicted octanol–water partition coefficient (Wildman–Crippen LogP) is 4.23. The van der Waals surface area contributed by atoms with E-state index in [1.165, 1.54) is 42.4 Å². The van der Waals surface area contributed by atoms with Gasteiger partial charge in [-0.15, -0.1) is 0 Å². The van der Waals surface area contributed by atoms with Crippen LogP contribution in [0, 0.1) is 17.2 Å². The average Bonchev–Trinajstić information content (AvgIpc) is 3.40. The molecule has 1 fully saturated rings. The van der Waals surface area contributed by atoms with E-state index in [9.17, 15) is 5.26 Å². The molecule has 0 aromatic carbocycles. The van der Waals surface area contributed by atoms with Crippen molar-refractivity contribution in [3.8, 4) is 17.2 Å². The molecule has 5 heteroatoms. The van der Waals surface area contributed by atoms with Gasteiger partial charge in [0.25, 0.3) is 0 Å². The summed E-state index contributed by atoms with van der Waals surface area (Å²) in [4.78, 5) is 4.55. The molecule has 1 saturated carbocycles. The topological polar surface area (TPSA) is 63.7 Å². The molecule has 3 aliphatic carbocycles. The first-order valence-electron chi connectivity index (χ1n) is 9.49. The molecule has 5 rings (SSSR count). The molecule has 132 valence electrons. The van der Waals surface area contributed by atoms with Crippen LogP contribution in [0.2, 0.25) is 0 Å². The Morgan fingerprint density at radius 1 is 1.35 bits per heavy atom. The number of hydrogen-bond donors (Lipinski definition) is 0. The standard InChI is InChI=1S/C21H22N4O/c1-26-21-15-6-7-17-19(15)14(9-11-23-17)16-12-25(24-20(16)21)18(8-10-22)13-4-2-3-5-13/h6,9,11-13,18,21H,2-5,7-8H2,1H3. The van der Waals surface area contributed by atoms with Crippen molar-refractivity contribution < 1.29 is 4.74 Å². The summed E-state index contributed by atoms with van der Waals surface area (Å²) < 4.78 is 7.91. The maximum absolute atomic E-state index is 9.37. The number of nitrogens with zero attached hydrogens (tertiary/aromatic N) is 4. The lowest BCUT2D eigenvalue weighted by molar-refractivity contribution is 0.145. The first-order chi connectivity index (χ1) is 12.8. The highest BCUT2D eigenvalue weighted by atomic mass is 16.5. The summed E-state index contributed by atoms with van der Waals surface area (Å²) >= 11 is 0. The van der Waals surface area contributed by atoms with E-state index in [4.69, 9.17) is 9.84 Å². The predicted molar refractivity (Wildman–Crippen MR) is 98.1 cm³/mol. The molecule has 0 aliphatic heterocycles. The second-order valence-electron chi connectivity index (χ2n) is 7.54. The Balaban J connectivity index is 1.64. The van der Waals surface area contributed by atoms with E-state index in [0.717, 1.165) is 23.4 Å². The second kappa shape index (κ2) is 6.07. The molecule has 2 heterocycles. The fraction of sp³-hybridized carbons (Fsp3) is 0.476. The Bertz CT molecular complexity index is 930. The maximum atomic E-state index is 9.37. The van der Waals surface area contributed by atoms with Crippen molar-refractivity contribution in [2.45, 2.75) is 50.7 Å². The highest BCUT2D eigenvalue weighted by molar-refractivity contribution is 5.92. The van der Waals surface area contributed by atoms with E-state index in [1.54, 1.807) is 7.11 Å². The lowest BCUT2D eigenvalue weighted by Crippen LogP contribution is -2.18. The molecule has 0 saturated heterocycles. The quantitative estimate of drug-likeness (QED) is 0.831.